The molecule has 1 saturated heterocycles. The quantitative estimate of drug-likeness (QED) is 0.115. The summed E-state index contributed by atoms with van der Waals surface area (Å²) in [5.74, 6) is 1.70. The van der Waals surface area contributed by atoms with Gasteiger partial charge in [0.1, 0.15) is 29.7 Å². The first-order chi connectivity index (χ1) is 26.9. The molecule has 8 heteroatoms. The van der Waals surface area contributed by atoms with Gasteiger partial charge in [0.2, 0.25) is 5.91 Å². The van der Waals surface area contributed by atoms with E-state index in [-0.39, 0.29) is 25.0 Å². The SMILES string of the molecule is CCCC1CCN(C(=O)[C@H](COC(c2ccccc2)(c2ccc(OC)cc2)c2ccc(OC)cc2)NC(=O)OCC2c3ccccc3-c3ccccc32)CC1. The van der Waals surface area contributed by atoms with Crippen molar-refractivity contribution in [1.82, 2.24) is 10.2 Å². The number of carbonyl (C=O) groups is 2. The van der Waals surface area contributed by atoms with E-state index in [0.29, 0.717) is 30.5 Å². The summed E-state index contributed by atoms with van der Waals surface area (Å²) in [5.41, 5.74) is 5.88. The van der Waals surface area contributed by atoms with E-state index in [9.17, 15) is 9.59 Å². The lowest BCUT2D eigenvalue weighted by atomic mass is 9.80. The Balaban J connectivity index is 1.20. The molecule has 1 N–H and O–H groups in total. The summed E-state index contributed by atoms with van der Waals surface area (Å²) in [6, 6.07) is 40.9. The van der Waals surface area contributed by atoms with Gasteiger partial charge in [-0.25, -0.2) is 4.79 Å². The van der Waals surface area contributed by atoms with Gasteiger partial charge in [0, 0.05) is 19.0 Å². The van der Waals surface area contributed by atoms with Crippen molar-refractivity contribution in [3.05, 3.63) is 155 Å². The van der Waals surface area contributed by atoms with Crippen LogP contribution in [0.15, 0.2) is 127 Å². The number of piperidine rings is 1. The fourth-order valence-electron chi connectivity index (χ4n) is 8.31. The number of benzene rings is 5. The molecule has 1 aliphatic carbocycles. The van der Waals surface area contributed by atoms with Gasteiger partial charge in [-0.2, -0.15) is 0 Å². The summed E-state index contributed by atoms with van der Waals surface area (Å²) in [4.78, 5) is 30.2. The molecule has 2 aliphatic rings. The molecule has 8 nitrogen and oxygen atoms in total. The minimum atomic E-state index is -1.17. The first kappa shape index (κ1) is 37.7. The lowest BCUT2D eigenvalue weighted by Gasteiger charge is -2.38. The van der Waals surface area contributed by atoms with Gasteiger partial charge < -0.3 is 29.2 Å². The van der Waals surface area contributed by atoms with E-state index in [2.05, 4.69) is 36.5 Å². The maximum absolute atomic E-state index is 14.5. The number of fused-ring (bicyclic) bond motifs is 3. The Bertz CT molecular complexity index is 1950. The second-order valence-corrected chi connectivity index (χ2v) is 14.4. The van der Waals surface area contributed by atoms with Crippen LogP contribution in [0.2, 0.25) is 0 Å². The summed E-state index contributed by atoms with van der Waals surface area (Å²) in [6.07, 6.45) is 3.48. The molecule has 0 spiro atoms. The van der Waals surface area contributed by atoms with Crippen LogP contribution in [0.1, 0.15) is 66.3 Å². The molecule has 1 atom stereocenters. The van der Waals surface area contributed by atoms with Crippen molar-refractivity contribution < 1.29 is 28.5 Å². The highest BCUT2D eigenvalue weighted by molar-refractivity contribution is 5.86. The standard InChI is InChI=1S/C47H50N2O6/c1-4-12-33-27-29-49(30-28-33)45(50)44(48-46(51)54-31-43-41-17-10-8-15-39(41)40-16-9-11-18-42(40)43)32-55-47(34-13-6-5-7-14-34,35-19-23-37(52-2)24-20-35)36-21-25-38(53-3)26-22-36/h5-11,13-26,33,43-44H,4,12,27-32H2,1-3H3,(H,48,51)/t44-/m0/s1. The number of nitrogens with one attached hydrogen (secondary N) is 1. The van der Waals surface area contributed by atoms with Gasteiger partial charge in [0.05, 0.1) is 20.8 Å². The summed E-state index contributed by atoms with van der Waals surface area (Å²) < 4.78 is 24.2. The zero-order valence-electron chi connectivity index (χ0n) is 31.9. The molecular formula is C47H50N2O6. The average molecular weight is 739 g/mol. The van der Waals surface area contributed by atoms with Crippen LogP contribution in [-0.2, 0) is 19.9 Å². The van der Waals surface area contributed by atoms with Crippen molar-refractivity contribution in [2.24, 2.45) is 5.92 Å². The molecule has 55 heavy (non-hydrogen) atoms. The lowest BCUT2D eigenvalue weighted by molar-refractivity contribution is -0.137. The molecule has 1 heterocycles. The average Bonchev–Trinajstić information content (AvgIpc) is 3.57. The molecule has 1 aliphatic heterocycles. The molecule has 1 fully saturated rings. The molecule has 5 aromatic rings. The van der Waals surface area contributed by atoms with Crippen molar-refractivity contribution in [3.63, 3.8) is 0 Å². The first-order valence-electron chi connectivity index (χ1n) is 19.3. The van der Waals surface area contributed by atoms with Crippen LogP contribution in [0.5, 0.6) is 11.5 Å². The van der Waals surface area contributed by atoms with E-state index >= 15 is 0 Å². The Hall–Kier alpha value is -5.60. The van der Waals surface area contributed by atoms with Gasteiger partial charge >= 0.3 is 6.09 Å². The largest absolute Gasteiger partial charge is 0.497 e. The van der Waals surface area contributed by atoms with Gasteiger partial charge in [0.25, 0.3) is 0 Å². The van der Waals surface area contributed by atoms with E-state index in [1.165, 1.54) is 0 Å². The number of likely N-dealkylation sites (tertiary alicyclic amines) is 1. The maximum Gasteiger partial charge on any atom is 0.407 e. The zero-order chi connectivity index (χ0) is 38.2. The number of hydrogen-bond donors (Lipinski definition) is 1. The molecular weight excluding hydrogens is 689 g/mol. The van der Waals surface area contributed by atoms with Crippen LogP contribution in [-0.4, -0.2) is 63.5 Å². The number of alkyl carbamates (subject to hydrolysis) is 1. The van der Waals surface area contributed by atoms with Gasteiger partial charge in [-0.15, -0.1) is 0 Å². The van der Waals surface area contributed by atoms with Crippen molar-refractivity contribution in [1.29, 1.82) is 0 Å². The molecule has 0 unspecified atom stereocenters. The molecule has 284 valence electrons. The van der Waals surface area contributed by atoms with Crippen LogP contribution in [0, 0.1) is 5.92 Å². The topological polar surface area (TPSA) is 86.3 Å². The van der Waals surface area contributed by atoms with Crippen molar-refractivity contribution in [2.75, 3.05) is 40.5 Å². The molecule has 7 rings (SSSR count). The van der Waals surface area contributed by atoms with Crippen LogP contribution >= 0.6 is 0 Å². The molecule has 0 radical (unpaired) electrons. The third-order valence-corrected chi connectivity index (χ3v) is 11.2. The third kappa shape index (κ3) is 7.96. The monoisotopic (exact) mass is 738 g/mol. The van der Waals surface area contributed by atoms with Gasteiger partial charge in [-0.05, 0) is 82.0 Å². The molecule has 5 aromatic carbocycles. The summed E-state index contributed by atoms with van der Waals surface area (Å²) in [7, 11) is 3.27. The van der Waals surface area contributed by atoms with Gasteiger partial charge in [-0.3, -0.25) is 4.79 Å². The van der Waals surface area contributed by atoms with Crippen LogP contribution in [0.25, 0.3) is 11.1 Å². The Morgan fingerprint density at radius 1 is 0.709 bits per heavy atom. The van der Waals surface area contributed by atoms with E-state index in [1.54, 1.807) is 14.2 Å². The molecule has 0 aromatic heterocycles. The predicted molar refractivity (Wildman–Crippen MR) is 214 cm³/mol. The summed E-state index contributed by atoms with van der Waals surface area (Å²) >= 11 is 0. The Morgan fingerprint density at radius 2 is 1.22 bits per heavy atom. The predicted octanol–water partition coefficient (Wildman–Crippen LogP) is 8.96. The number of hydrogen-bond acceptors (Lipinski definition) is 6. The van der Waals surface area contributed by atoms with E-state index in [4.69, 9.17) is 18.9 Å². The van der Waals surface area contributed by atoms with Crippen molar-refractivity contribution in [3.8, 4) is 22.6 Å². The van der Waals surface area contributed by atoms with Crippen molar-refractivity contribution in [2.45, 2.75) is 50.2 Å². The summed E-state index contributed by atoms with van der Waals surface area (Å²) in [6.45, 7) is 3.48. The Kier molecular flexibility index (Phi) is 11.8. The van der Waals surface area contributed by atoms with E-state index in [1.807, 2.05) is 108 Å². The number of nitrogens with zero attached hydrogens (tertiary/aromatic N) is 1. The fraction of sp³-hybridized carbons (Fsp3) is 0.319. The minimum Gasteiger partial charge on any atom is -0.497 e. The van der Waals surface area contributed by atoms with E-state index in [0.717, 1.165) is 64.6 Å². The number of amides is 2. The molecule has 2 amide bonds. The minimum absolute atomic E-state index is 0.114. The highest BCUT2D eigenvalue weighted by Crippen LogP contribution is 2.45. The van der Waals surface area contributed by atoms with Crippen molar-refractivity contribution >= 4 is 12.0 Å². The first-order valence-corrected chi connectivity index (χ1v) is 19.3. The van der Waals surface area contributed by atoms with Crippen LogP contribution in [0.3, 0.4) is 0 Å². The summed E-state index contributed by atoms with van der Waals surface area (Å²) in [5, 5.41) is 2.97. The zero-order valence-corrected chi connectivity index (χ0v) is 31.9. The lowest BCUT2D eigenvalue weighted by Crippen LogP contribution is -2.54. The normalized spacial score (nSPS) is 14.8. The third-order valence-electron chi connectivity index (χ3n) is 11.2. The Labute approximate surface area is 324 Å². The number of methoxy groups -OCH3 is 2. The fourth-order valence-corrected chi connectivity index (χ4v) is 8.31. The second kappa shape index (κ2) is 17.2. The number of carbonyl (C=O) groups excluding carboxylic acids is 2. The number of ether oxygens (including phenoxy) is 4. The highest BCUT2D eigenvalue weighted by atomic mass is 16.6. The Morgan fingerprint density at radius 3 is 1.75 bits per heavy atom. The molecule has 0 bridgehead atoms. The van der Waals surface area contributed by atoms with Gasteiger partial charge in [-0.1, -0.05) is 123 Å². The van der Waals surface area contributed by atoms with E-state index < -0.39 is 17.7 Å². The smallest absolute Gasteiger partial charge is 0.407 e. The van der Waals surface area contributed by atoms with Crippen LogP contribution < -0.4 is 14.8 Å². The highest BCUT2D eigenvalue weighted by Gasteiger charge is 2.40. The molecule has 0 saturated carbocycles. The van der Waals surface area contributed by atoms with Crippen LogP contribution in [0.4, 0.5) is 4.79 Å². The van der Waals surface area contributed by atoms with Gasteiger partial charge in [0.15, 0.2) is 0 Å². The second-order valence-electron chi connectivity index (χ2n) is 14.4. The maximum atomic E-state index is 14.5. The number of rotatable bonds is 14.